The zero-order valence-corrected chi connectivity index (χ0v) is 16.0. The highest BCUT2D eigenvalue weighted by atomic mass is 32.2. The molecule has 7 heteroatoms. The second-order valence-corrected chi connectivity index (χ2v) is 8.71. The zero-order valence-electron chi connectivity index (χ0n) is 15.2. The van der Waals surface area contributed by atoms with Gasteiger partial charge in [-0.2, -0.15) is 0 Å². The number of nitrogens with zero attached hydrogens (tertiary/aromatic N) is 2. The summed E-state index contributed by atoms with van der Waals surface area (Å²) >= 11 is 0. The normalized spacial score (nSPS) is 18.1. The van der Waals surface area contributed by atoms with Crippen molar-refractivity contribution in [2.75, 3.05) is 26.7 Å². The maximum absolute atomic E-state index is 12.8. The van der Waals surface area contributed by atoms with E-state index in [0.717, 1.165) is 35.5 Å². The number of hydrogen-bond acceptors (Lipinski definition) is 4. The molecule has 26 heavy (non-hydrogen) atoms. The van der Waals surface area contributed by atoms with E-state index >= 15 is 0 Å². The summed E-state index contributed by atoms with van der Waals surface area (Å²) in [7, 11) is -1.77. The van der Waals surface area contributed by atoms with Gasteiger partial charge in [-0.1, -0.05) is 17.7 Å². The molecule has 2 heterocycles. The molecule has 0 spiro atoms. The van der Waals surface area contributed by atoms with Crippen LogP contribution < -0.4 is 5.32 Å². The van der Waals surface area contributed by atoms with Crippen LogP contribution in [0, 0.1) is 12.8 Å². The minimum atomic E-state index is -3.68. The van der Waals surface area contributed by atoms with E-state index in [2.05, 4.69) is 5.32 Å². The summed E-state index contributed by atoms with van der Waals surface area (Å²) in [6.45, 7) is 4.21. The van der Waals surface area contributed by atoms with Crippen molar-refractivity contribution in [3.8, 4) is 0 Å². The molecule has 1 aliphatic rings. The number of aryl methyl sites for hydroxylation is 1. The average molecular weight is 375 g/mol. The Morgan fingerprint density at radius 1 is 1.23 bits per heavy atom. The Labute approximate surface area is 154 Å². The topological polar surface area (TPSA) is 71.4 Å². The quantitative estimate of drug-likeness (QED) is 0.869. The third kappa shape index (κ3) is 3.83. The Balaban J connectivity index is 1.78. The maximum atomic E-state index is 12.8. The first kappa shape index (κ1) is 18.7. The first-order valence-electron chi connectivity index (χ1n) is 8.86. The van der Waals surface area contributed by atoms with Gasteiger partial charge in [0.2, 0.25) is 0 Å². The summed E-state index contributed by atoms with van der Waals surface area (Å²) in [4.78, 5) is 14.8. The summed E-state index contributed by atoms with van der Waals surface area (Å²) in [5.41, 5.74) is 1.40. The highest BCUT2D eigenvalue weighted by Gasteiger charge is 2.26. The van der Waals surface area contributed by atoms with Crippen LogP contribution in [-0.2, 0) is 10.0 Å². The second-order valence-electron chi connectivity index (χ2n) is 6.87. The van der Waals surface area contributed by atoms with E-state index in [1.54, 1.807) is 30.3 Å². The lowest BCUT2D eigenvalue weighted by molar-refractivity contribution is 0.0674. The summed E-state index contributed by atoms with van der Waals surface area (Å²) in [6, 6.07) is 8.27. The van der Waals surface area contributed by atoms with Crippen molar-refractivity contribution in [2.45, 2.75) is 24.7 Å². The van der Waals surface area contributed by atoms with Gasteiger partial charge in [-0.15, -0.1) is 0 Å². The fourth-order valence-electron chi connectivity index (χ4n) is 3.37. The zero-order chi connectivity index (χ0) is 18.7. The van der Waals surface area contributed by atoms with Gasteiger partial charge in [-0.05, 0) is 57.5 Å². The number of carbonyl (C=O) groups excluding carboxylic acids is 1. The van der Waals surface area contributed by atoms with Crippen LogP contribution >= 0.6 is 0 Å². The van der Waals surface area contributed by atoms with Crippen LogP contribution in [0.3, 0.4) is 0 Å². The fourth-order valence-corrected chi connectivity index (χ4v) is 4.57. The van der Waals surface area contributed by atoms with E-state index in [4.69, 9.17) is 0 Å². The Kier molecular flexibility index (Phi) is 5.48. The lowest BCUT2D eigenvalue weighted by Gasteiger charge is -2.32. The van der Waals surface area contributed by atoms with Crippen LogP contribution in [0.1, 0.15) is 28.8 Å². The van der Waals surface area contributed by atoms with Crippen molar-refractivity contribution in [3.05, 3.63) is 53.9 Å². The summed E-state index contributed by atoms with van der Waals surface area (Å²) in [5, 5.41) is 3.16. The van der Waals surface area contributed by atoms with Crippen molar-refractivity contribution in [2.24, 2.45) is 5.92 Å². The molecule has 1 N–H and O–H groups in total. The average Bonchev–Trinajstić information content (AvgIpc) is 3.13. The first-order valence-corrected chi connectivity index (χ1v) is 10.3. The van der Waals surface area contributed by atoms with Crippen molar-refractivity contribution in [1.29, 1.82) is 0 Å². The van der Waals surface area contributed by atoms with E-state index in [9.17, 15) is 13.2 Å². The maximum Gasteiger partial charge on any atom is 0.267 e. The van der Waals surface area contributed by atoms with Gasteiger partial charge in [0.1, 0.15) is 0 Å². The highest BCUT2D eigenvalue weighted by molar-refractivity contribution is 7.90. The molecule has 1 aliphatic heterocycles. The molecule has 1 aromatic carbocycles. The smallest absolute Gasteiger partial charge is 0.267 e. The third-order valence-corrected chi connectivity index (χ3v) is 6.46. The van der Waals surface area contributed by atoms with Gasteiger partial charge in [0.25, 0.3) is 15.9 Å². The molecule has 0 bridgehead atoms. The van der Waals surface area contributed by atoms with Crippen LogP contribution in [0.4, 0.5) is 0 Å². The lowest BCUT2D eigenvalue weighted by atomic mass is 9.97. The molecular weight excluding hydrogens is 350 g/mol. The molecule has 6 nitrogen and oxygen atoms in total. The predicted molar refractivity (Wildman–Crippen MR) is 101 cm³/mol. The van der Waals surface area contributed by atoms with Crippen LogP contribution in [0.25, 0.3) is 0 Å². The molecule has 0 aliphatic carbocycles. The molecule has 1 atom stereocenters. The van der Waals surface area contributed by atoms with Crippen molar-refractivity contribution in [3.63, 3.8) is 0 Å². The van der Waals surface area contributed by atoms with E-state index in [1.807, 2.05) is 18.9 Å². The van der Waals surface area contributed by atoms with Gasteiger partial charge in [0.05, 0.1) is 10.5 Å². The molecular formula is C19H25N3O3S. The Bertz CT molecular complexity index is 870. The Morgan fingerprint density at radius 3 is 2.65 bits per heavy atom. The van der Waals surface area contributed by atoms with Crippen LogP contribution in [0.5, 0.6) is 0 Å². The number of carbonyl (C=O) groups is 1. The molecule has 0 radical (unpaired) electrons. The molecule has 1 amide bonds. The highest BCUT2D eigenvalue weighted by Crippen LogP contribution is 2.20. The van der Waals surface area contributed by atoms with Crippen molar-refractivity contribution < 1.29 is 13.2 Å². The molecule has 0 saturated carbocycles. The van der Waals surface area contributed by atoms with E-state index in [0.29, 0.717) is 18.0 Å². The van der Waals surface area contributed by atoms with Crippen molar-refractivity contribution in [1.82, 2.24) is 14.2 Å². The standard InChI is InChI=1S/C19H25N3O3S/c1-15-5-7-18(8-6-15)26(24,25)22-11-9-17(14-22)19(23)21-10-3-4-16(13-21)12-20-2/h5-9,11,14,16,20H,3-4,10,12-13H2,1-2H3. The van der Waals surface area contributed by atoms with Crippen molar-refractivity contribution >= 4 is 15.9 Å². The number of likely N-dealkylation sites (tertiary alicyclic amines) is 1. The van der Waals surface area contributed by atoms with Crippen LogP contribution in [0.2, 0.25) is 0 Å². The molecule has 1 aromatic heterocycles. The van der Waals surface area contributed by atoms with Crippen LogP contribution in [0.15, 0.2) is 47.6 Å². The van der Waals surface area contributed by atoms with Gasteiger partial charge in [-0.25, -0.2) is 12.4 Å². The molecule has 2 aromatic rings. The van der Waals surface area contributed by atoms with Gasteiger partial charge >= 0.3 is 0 Å². The SMILES string of the molecule is CNCC1CCCN(C(=O)c2ccn(S(=O)(=O)c3ccc(C)cc3)c2)C1. The summed E-state index contributed by atoms with van der Waals surface area (Å²) < 4.78 is 26.6. The number of hydrogen-bond donors (Lipinski definition) is 1. The third-order valence-electron chi connectivity index (χ3n) is 4.81. The minimum Gasteiger partial charge on any atom is -0.338 e. The van der Waals surface area contributed by atoms with Gasteiger partial charge in [0.15, 0.2) is 0 Å². The van der Waals surface area contributed by atoms with E-state index < -0.39 is 10.0 Å². The second kappa shape index (κ2) is 7.63. The van der Waals surface area contributed by atoms with Gasteiger partial charge in [0, 0.05) is 25.5 Å². The summed E-state index contributed by atoms with van der Waals surface area (Å²) in [5.74, 6) is 0.333. The van der Waals surface area contributed by atoms with E-state index in [-0.39, 0.29) is 10.8 Å². The number of benzene rings is 1. The number of amides is 1. The Morgan fingerprint density at radius 2 is 1.96 bits per heavy atom. The number of nitrogens with one attached hydrogen (secondary N) is 1. The van der Waals surface area contributed by atoms with Crippen LogP contribution in [-0.4, -0.2) is 49.9 Å². The first-order chi connectivity index (χ1) is 12.4. The lowest BCUT2D eigenvalue weighted by Crippen LogP contribution is -2.42. The molecule has 1 saturated heterocycles. The molecule has 140 valence electrons. The molecule has 1 unspecified atom stereocenters. The number of aromatic nitrogens is 1. The minimum absolute atomic E-state index is 0.108. The molecule has 3 rings (SSSR count). The predicted octanol–water partition coefficient (Wildman–Crippen LogP) is 2.11. The largest absolute Gasteiger partial charge is 0.338 e. The van der Waals surface area contributed by atoms with Gasteiger partial charge < -0.3 is 10.2 Å². The summed E-state index contributed by atoms with van der Waals surface area (Å²) in [6.07, 6.45) is 4.94. The number of rotatable bonds is 5. The van der Waals surface area contributed by atoms with E-state index in [1.165, 1.54) is 12.4 Å². The van der Waals surface area contributed by atoms with Gasteiger partial charge in [-0.3, -0.25) is 4.79 Å². The Hall–Kier alpha value is -2.12. The number of piperidine rings is 1. The molecule has 1 fully saturated rings. The fraction of sp³-hybridized carbons (Fsp3) is 0.421. The monoisotopic (exact) mass is 375 g/mol.